The summed E-state index contributed by atoms with van der Waals surface area (Å²) in [4.78, 5) is 11.8. The van der Waals surface area contributed by atoms with Crippen LogP contribution in [0.5, 0.6) is 5.75 Å². The Hall–Kier alpha value is -1.07. The van der Waals surface area contributed by atoms with Gasteiger partial charge in [0, 0.05) is 23.0 Å². The highest BCUT2D eigenvalue weighted by Gasteiger charge is 2.10. The molecule has 1 aromatic carbocycles. The highest BCUT2D eigenvalue weighted by molar-refractivity contribution is 9.10. The molecule has 0 aliphatic rings. The van der Waals surface area contributed by atoms with E-state index in [-0.39, 0.29) is 11.9 Å². The molecule has 5 heteroatoms. The predicted octanol–water partition coefficient (Wildman–Crippen LogP) is 2.78. The van der Waals surface area contributed by atoms with Crippen molar-refractivity contribution in [3.8, 4) is 5.75 Å². The maximum atomic E-state index is 11.8. The van der Waals surface area contributed by atoms with E-state index in [0.717, 1.165) is 16.7 Å². The third kappa shape index (κ3) is 4.66. The van der Waals surface area contributed by atoms with E-state index in [2.05, 4.69) is 26.6 Å². The van der Waals surface area contributed by atoms with Gasteiger partial charge in [-0.3, -0.25) is 4.79 Å². The summed E-state index contributed by atoms with van der Waals surface area (Å²) in [5, 5.41) is 6.07. The molecular weight excluding hydrogens is 296 g/mol. The van der Waals surface area contributed by atoms with Crippen molar-refractivity contribution in [3.05, 3.63) is 22.7 Å². The first-order valence-electron chi connectivity index (χ1n) is 5.93. The zero-order valence-electron chi connectivity index (χ0n) is 10.9. The van der Waals surface area contributed by atoms with Crippen LogP contribution in [0.15, 0.2) is 22.7 Å². The van der Waals surface area contributed by atoms with Crippen LogP contribution in [-0.2, 0) is 4.79 Å². The van der Waals surface area contributed by atoms with E-state index < -0.39 is 0 Å². The molecule has 0 heterocycles. The van der Waals surface area contributed by atoms with Crippen LogP contribution < -0.4 is 15.4 Å². The van der Waals surface area contributed by atoms with Crippen molar-refractivity contribution in [2.45, 2.75) is 26.3 Å². The highest BCUT2D eigenvalue weighted by Crippen LogP contribution is 2.27. The van der Waals surface area contributed by atoms with E-state index in [0.29, 0.717) is 12.2 Å². The van der Waals surface area contributed by atoms with Crippen molar-refractivity contribution < 1.29 is 9.53 Å². The third-order valence-electron chi connectivity index (χ3n) is 2.49. The zero-order valence-corrected chi connectivity index (χ0v) is 12.5. The molecule has 1 rings (SSSR count). The number of amides is 1. The smallest absolute Gasteiger partial charge is 0.225 e. The molecule has 1 unspecified atom stereocenters. The number of ether oxygens (including phenoxy) is 1. The number of rotatable bonds is 6. The van der Waals surface area contributed by atoms with Crippen LogP contribution in [0.3, 0.4) is 0 Å². The van der Waals surface area contributed by atoms with Crippen molar-refractivity contribution in [2.24, 2.45) is 0 Å². The van der Waals surface area contributed by atoms with Crippen molar-refractivity contribution in [1.82, 2.24) is 5.32 Å². The summed E-state index contributed by atoms with van der Waals surface area (Å²) in [7, 11) is 1.60. The van der Waals surface area contributed by atoms with Gasteiger partial charge in [0.15, 0.2) is 0 Å². The number of hydrogen-bond donors (Lipinski definition) is 2. The normalized spacial score (nSPS) is 12.0. The number of carbonyl (C=O) groups is 1. The first-order chi connectivity index (χ1) is 8.56. The number of nitrogens with one attached hydrogen (secondary N) is 2. The first kappa shape index (κ1) is 15.0. The average Bonchev–Trinajstić information content (AvgIpc) is 2.32. The topological polar surface area (TPSA) is 50.4 Å². The van der Waals surface area contributed by atoms with Gasteiger partial charge in [0.05, 0.1) is 12.8 Å². The molecule has 4 nitrogen and oxygen atoms in total. The first-order valence-corrected chi connectivity index (χ1v) is 6.72. The van der Waals surface area contributed by atoms with Crippen LogP contribution in [0.4, 0.5) is 5.69 Å². The summed E-state index contributed by atoms with van der Waals surface area (Å²) < 4.78 is 5.97. The molecule has 1 atom stereocenters. The second kappa shape index (κ2) is 7.38. The standard InChI is InChI=1S/C13H19BrN2O2/c1-4-15-9(2)7-13(17)16-12-8-10(18-3)5-6-11(12)14/h5-6,8-9,15H,4,7H2,1-3H3,(H,16,17). The number of halogens is 1. The van der Waals surface area contributed by atoms with Crippen molar-refractivity contribution in [1.29, 1.82) is 0 Å². The molecule has 0 radical (unpaired) electrons. The summed E-state index contributed by atoms with van der Waals surface area (Å²) in [6.07, 6.45) is 0.442. The molecule has 0 fully saturated rings. The fourth-order valence-electron chi connectivity index (χ4n) is 1.63. The van der Waals surface area contributed by atoms with Crippen LogP contribution >= 0.6 is 15.9 Å². The minimum atomic E-state index is -0.0163. The molecule has 0 saturated heterocycles. The summed E-state index contributed by atoms with van der Waals surface area (Å²) in [6, 6.07) is 5.64. The molecule has 1 aromatic rings. The molecule has 0 spiro atoms. The number of benzene rings is 1. The minimum Gasteiger partial charge on any atom is -0.497 e. The summed E-state index contributed by atoms with van der Waals surface area (Å²) in [6.45, 7) is 4.87. The maximum absolute atomic E-state index is 11.8. The average molecular weight is 315 g/mol. The van der Waals surface area contributed by atoms with Gasteiger partial charge >= 0.3 is 0 Å². The molecule has 0 aromatic heterocycles. The lowest BCUT2D eigenvalue weighted by Crippen LogP contribution is -2.30. The van der Waals surface area contributed by atoms with Crippen molar-refractivity contribution >= 4 is 27.5 Å². The van der Waals surface area contributed by atoms with Gasteiger partial charge in [-0.1, -0.05) is 6.92 Å². The van der Waals surface area contributed by atoms with Gasteiger partial charge in [0.2, 0.25) is 5.91 Å². The van der Waals surface area contributed by atoms with E-state index in [9.17, 15) is 4.79 Å². The second-order valence-electron chi connectivity index (χ2n) is 4.06. The summed E-state index contributed by atoms with van der Waals surface area (Å²) in [5.41, 5.74) is 0.725. The highest BCUT2D eigenvalue weighted by atomic mass is 79.9. The molecule has 0 aliphatic carbocycles. The molecule has 100 valence electrons. The lowest BCUT2D eigenvalue weighted by molar-refractivity contribution is -0.116. The number of carbonyl (C=O) groups excluding carboxylic acids is 1. The van der Waals surface area contributed by atoms with Gasteiger partial charge in [-0.05, 0) is 41.5 Å². The Morgan fingerprint density at radius 2 is 2.22 bits per heavy atom. The second-order valence-corrected chi connectivity index (χ2v) is 4.91. The zero-order chi connectivity index (χ0) is 13.5. The third-order valence-corrected chi connectivity index (χ3v) is 3.18. The molecule has 0 saturated carbocycles. The largest absolute Gasteiger partial charge is 0.497 e. The Morgan fingerprint density at radius 3 is 2.83 bits per heavy atom. The Kier molecular flexibility index (Phi) is 6.15. The molecule has 1 amide bonds. The van der Waals surface area contributed by atoms with Gasteiger partial charge in [0.1, 0.15) is 5.75 Å². The Bertz CT molecular complexity index is 410. The quantitative estimate of drug-likeness (QED) is 0.849. The van der Waals surface area contributed by atoms with Crippen molar-refractivity contribution in [2.75, 3.05) is 19.0 Å². The monoisotopic (exact) mass is 314 g/mol. The Morgan fingerprint density at radius 1 is 1.50 bits per heavy atom. The van der Waals surface area contributed by atoms with Crippen LogP contribution in [0, 0.1) is 0 Å². The van der Waals surface area contributed by atoms with Gasteiger partial charge in [0.25, 0.3) is 0 Å². The van der Waals surface area contributed by atoms with Crippen LogP contribution in [-0.4, -0.2) is 25.6 Å². The number of anilines is 1. The Labute approximate surface area is 116 Å². The van der Waals surface area contributed by atoms with Gasteiger partial charge in [-0.15, -0.1) is 0 Å². The predicted molar refractivity (Wildman–Crippen MR) is 77.1 cm³/mol. The van der Waals surface area contributed by atoms with Gasteiger partial charge < -0.3 is 15.4 Å². The van der Waals surface area contributed by atoms with Crippen molar-refractivity contribution in [3.63, 3.8) is 0 Å². The van der Waals surface area contributed by atoms with E-state index >= 15 is 0 Å². The molecule has 18 heavy (non-hydrogen) atoms. The fourth-order valence-corrected chi connectivity index (χ4v) is 1.97. The molecular formula is C13H19BrN2O2. The maximum Gasteiger partial charge on any atom is 0.225 e. The SMILES string of the molecule is CCNC(C)CC(=O)Nc1cc(OC)ccc1Br. The van der Waals surface area contributed by atoms with E-state index in [1.54, 1.807) is 13.2 Å². The van der Waals surface area contributed by atoms with Gasteiger partial charge in [-0.2, -0.15) is 0 Å². The van der Waals surface area contributed by atoms with Crippen LogP contribution in [0.1, 0.15) is 20.3 Å². The molecule has 0 bridgehead atoms. The number of hydrogen-bond acceptors (Lipinski definition) is 3. The fraction of sp³-hybridized carbons (Fsp3) is 0.462. The number of methoxy groups -OCH3 is 1. The Balaban J connectivity index is 2.63. The van der Waals surface area contributed by atoms with E-state index in [1.807, 2.05) is 26.0 Å². The van der Waals surface area contributed by atoms with Crippen LogP contribution in [0.25, 0.3) is 0 Å². The minimum absolute atomic E-state index is 0.0163. The lowest BCUT2D eigenvalue weighted by atomic mass is 10.2. The van der Waals surface area contributed by atoms with E-state index in [4.69, 9.17) is 4.74 Å². The lowest BCUT2D eigenvalue weighted by Gasteiger charge is -2.13. The summed E-state index contributed by atoms with van der Waals surface area (Å²) in [5.74, 6) is 0.700. The van der Waals surface area contributed by atoms with E-state index in [1.165, 1.54) is 0 Å². The van der Waals surface area contributed by atoms with Crippen LogP contribution in [0.2, 0.25) is 0 Å². The molecule has 0 aliphatic heterocycles. The summed E-state index contributed by atoms with van der Waals surface area (Å²) >= 11 is 3.40. The molecule has 2 N–H and O–H groups in total. The van der Waals surface area contributed by atoms with Gasteiger partial charge in [-0.25, -0.2) is 0 Å².